The van der Waals surface area contributed by atoms with Crippen LogP contribution in [-0.2, 0) is 4.74 Å². The minimum atomic E-state index is 0.844. The van der Waals surface area contributed by atoms with Crippen LogP contribution >= 0.6 is 0 Å². The molecule has 2 heteroatoms. The van der Waals surface area contributed by atoms with Gasteiger partial charge in [-0.1, -0.05) is 19.8 Å². The quantitative estimate of drug-likeness (QED) is 0.627. The molecule has 0 unspecified atom stereocenters. The zero-order valence-corrected chi connectivity index (χ0v) is 8.23. The second-order valence-corrected chi connectivity index (χ2v) is 2.28. The van der Waals surface area contributed by atoms with E-state index in [9.17, 15) is 0 Å². The number of hydrogen-bond donors (Lipinski definition) is 1. The second kappa shape index (κ2) is 16.5. The summed E-state index contributed by atoms with van der Waals surface area (Å²) in [5.74, 6) is 0. The van der Waals surface area contributed by atoms with Gasteiger partial charge in [-0.15, -0.1) is 0 Å². The standard InChI is InChI=1S/C5H13N.C4H10O/c1-2-3-4-5-6;1-3-5-4-2/h2-6H2,1H3;3-4H2,1-2H3. The Morgan fingerprint density at radius 1 is 1.00 bits per heavy atom. The van der Waals surface area contributed by atoms with Gasteiger partial charge in [0.1, 0.15) is 0 Å². The van der Waals surface area contributed by atoms with E-state index in [4.69, 9.17) is 10.5 Å². The van der Waals surface area contributed by atoms with Gasteiger partial charge in [-0.05, 0) is 26.8 Å². The average molecular weight is 161 g/mol. The maximum Gasteiger partial charge on any atom is 0.0437 e. The highest BCUT2D eigenvalue weighted by Crippen LogP contribution is 1.88. The monoisotopic (exact) mass is 161 g/mol. The first-order valence-corrected chi connectivity index (χ1v) is 4.61. The van der Waals surface area contributed by atoms with E-state index in [1.807, 2.05) is 13.8 Å². The van der Waals surface area contributed by atoms with Gasteiger partial charge in [0.15, 0.2) is 0 Å². The maximum absolute atomic E-state index is 5.21. The zero-order valence-electron chi connectivity index (χ0n) is 8.23. The van der Waals surface area contributed by atoms with E-state index < -0.39 is 0 Å². The van der Waals surface area contributed by atoms with Crippen LogP contribution in [0.1, 0.15) is 40.0 Å². The van der Waals surface area contributed by atoms with Gasteiger partial charge in [0.05, 0.1) is 0 Å². The van der Waals surface area contributed by atoms with Crippen LogP contribution < -0.4 is 5.73 Å². The van der Waals surface area contributed by atoms with Crippen LogP contribution in [-0.4, -0.2) is 19.8 Å². The number of rotatable bonds is 5. The predicted octanol–water partition coefficient (Wildman–Crippen LogP) is 2.18. The summed E-state index contributed by atoms with van der Waals surface area (Å²) in [4.78, 5) is 0. The Bertz CT molecular complexity index is 42.8. The molecular weight excluding hydrogens is 138 g/mol. The first-order valence-electron chi connectivity index (χ1n) is 4.61. The molecule has 0 saturated carbocycles. The van der Waals surface area contributed by atoms with Gasteiger partial charge in [0.25, 0.3) is 0 Å². The molecule has 2 nitrogen and oxygen atoms in total. The lowest BCUT2D eigenvalue weighted by molar-refractivity contribution is 0.162. The zero-order chi connectivity index (χ0) is 8.95. The molecule has 0 bridgehead atoms. The summed E-state index contributed by atoms with van der Waals surface area (Å²) in [6.45, 7) is 8.70. The van der Waals surface area contributed by atoms with E-state index in [2.05, 4.69) is 6.92 Å². The van der Waals surface area contributed by atoms with Crippen molar-refractivity contribution in [3.63, 3.8) is 0 Å². The third kappa shape index (κ3) is 25.7. The van der Waals surface area contributed by atoms with Gasteiger partial charge in [0, 0.05) is 13.2 Å². The molecule has 2 N–H and O–H groups in total. The molecule has 0 aliphatic carbocycles. The van der Waals surface area contributed by atoms with Crippen molar-refractivity contribution in [1.82, 2.24) is 0 Å². The highest BCUT2D eigenvalue weighted by Gasteiger charge is 1.75. The molecule has 0 aliphatic heterocycles. The van der Waals surface area contributed by atoms with E-state index >= 15 is 0 Å². The normalized spacial score (nSPS) is 8.73. The molecule has 0 saturated heterocycles. The van der Waals surface area contributed by atoms with Crippen LogP contribution in [0.15, 0.2) is 0 Å². The van der Waals surface area contributed by atoms with Crippen LogP contribution in [0.3, 0.4) is 0 Å². The first-order chi connectivity index (χ1) is 5.33. The van der Waals surface area contributed by atoms with Crippen molar-refractivity contribution in [2.24, 2.45) is 5.73 Å². The van der Waals surface area contributed by atoms with Crippen molar-refractivity contribution < 1.29 is 4.74 Å². The highest BCUT2D eigenvalue weighted by molar-refractivity contribution is 4.34. The number of unbranched alkanes of at least 4 members (excludes halogenated alkanes) is 2. The molecule has 0 fully saturated rings. The Morgan fingerprint density at radius 2 is 1.55 bits per heavy atom. The maximum atomic E-state index is 5.21. The summed E-state index contributed by atoms with van der Waals surface area (Å²) in [5, 5.41) is 0. The largest absolute Gasteiger partial charge is 0.382 e. The predicted molar refractivity (Wildman–Crippen MR) is 50.7 cm³/mol. The van der Waals surface area contributed by atoms with Crippen LogP contribution in [0, 0.1) is 0 Å². The fourth-order valence-corrected chi connectivity index (χ4v) is 0.598. The highest BCUT2D eigenvalue weighted by atomic mass is 16.5. The van der Waals surface area contributed by atoms with Gasteiger partial charge >= 0.3 is 0 Å². The van der Waals surface area contributed by atoms with E-state index in [-0.39, 0.29) is 0 Å². The lowest BCUT2D eigenvalue weighted by Crippen LogP contribution is -1.96. The summed E-state index contributed by atoms with van der Waals surface area (Å²) in [5.41, 5.74) is 5.21. The molecule has 70 valence electrons. The Morgan fingerprint density at radius 3 is 1.64 bits per heavy atom. The average Bonchev–Trinajstić information content (AvgIpc) is 2.04. The minimum Gasteiger partial charge on any atom is -0.382 e. The molecule has 0 aromatic heterocycles. The van der Waals surface area contributed by atoms with Crippen molar-refractivity contribution in [3.05, 3.63) is 0 Å². The van der Waals surface area contributed by atoms with Crippen LogP contribution in [0.5, 0.6) is 0 Å². The molecule has 0 spiro atoms. The minimum absolute atomic E-state index is 0.844. The number of ether oxygens (including phenoxy) is 1. The topological polar surface area (TPSA) is 35.2 Å². The van der Waals surface area contributed by atoms with Crippen molar-refractivity contribution in [2.45, 2.75) is 40.0 Å². The molecule has 0 aromatic rings. The van der Waals surface area contributed by atoms with Crippen LogP contribution in [0.2, 0.25) is 0 Å². The second-order valence-electron chi connectivity index (χ2n) is 2.28. The van der Waals surface area contributed by atoms with Gasteiger partial charge < -0.3 is 10.5 Å². The molecule has 0 aromatic carbocycles. The molecule has 0 radical (unpaired) electrons. The van der Waals surface area contributed by atoms with Crippen molar-refractivity contribution in [2.75, 3.05) is 19.8 Å². The molecule has 0 rings (SSSR count). The van der Waals surface area contributed by atoms with E-state index in [1.54, 1.807) is 0 Å². The smallest absolute Gasteiger partial charge is 0.0437 e. The van der Waals surface area contributed by atoms with E-state index in [0.717, 1.165) is 19.8 Å². The summed E-state index contributed by atoms with van der Waals surface area (Å²) in [6, 6.07) is 0. The molecule has 0 aliphatic rings. The third-order valence-electron chi connectivity index (χ3n) is 1.22. The first kappa shape index (κ1) is 13.5. The molecule has 0 amide bonds. The van der Waals surface area contributed by atoms with Crippen LogP contribution in [0.25, 0.3) is 0 Å². The Kier molecular flexibility index (Phi) is 20.2. The SMILES string of the molecule is CCCCCN.CCOCC. The Labute approximate surface area is 71.1 Å². The lowest BCUT2D eigenvalue weighted by Gasteiger charge is -1.86. The van der Waals surface area contributed by atoms with Crippen molar-refractivity contribution in [1.29, 1.82) is 0 Å². The molecule has 0 heterocycles. The Balaban J connectivity index is 0. The molecule has 11 heavy (non-hydrogen) atoms. The van der Waals surface area contributed by atoms with Gasteiger partial charge in [0.2, 0.25) is 0 Å². The fourth-order valence-electron chi connectivity index (χ4n) is 0.598. The molecular formula is C9H23NO. The third-order valence-corrected chi connectivity index (χ3v) is 1.22. The number of nitrogens with two attached hydrogens (primary N) is 1. The Hall–Kier alpha value is -0.0800. The molecule has 0 atom stereocenters. The van der Waals surface area contributed by atoms with Gasteiger partial charge in [-0.3, -0.25) is 0 Å². The van der Waals surface area contributed by atoms with E-state index in [1.165, 1.54) is 19.3 Å². The van der Waals surface area contributed by atoms with Gasteiger partial charge in [-0.2, -0.15) is 0 Å². The fraction of sp³-hybridized carbons (Fsp3) is 1.00. The summed E-state index contributed by atoms with van der Waals surface area (Å²) < 4.78 is 4.83. The van der Waals surface area contributed by atoms with Crippen molar-refractivity contribution in [3.8, 4) is 0 Å². The lowest BCUT2D eigenvalue weighted by atomic mass is 10.3. The van der Waals surface area contributed by atoms with Crippen LogP contribution in [0.4, 0.5) is 0 Å². The van der Waals surface area contributed by atoms with Crippen molar-refractivity contribution >= 4 is 0 Å². The van der Waals surface area contributed by atoms with E-state index in [0.29, 0.717) is 0 Å². The number of hydrogen-bond acceptors (Lipinski definition) is 2. The van der Waals surface area contributed by atoms with Gasteiger partial charge in [-0.25, -0.2) is 0 Å². The summed E-state index contributed by atoms with van der Waals surface area (Å²) >= 11 is 0. The summed E-state index contributed by atoms with van der Waals surface area (Å²) in [6.07, 6.45) is 3.75. The summed E-state index contributed by atoms with van der Waals surface area (Å²) in [7, 11) is 0.